The molecule has 4 rings (SSSR count). The molecule has 0 N–H and O–H groups in total. The van der Waals surface area contributed by atoms with Crippen molar-refractivity contribution in [3.63, 3.8) is 0 Å². The van der Waals surface area contributed by atoms with E-state index in [0.29, 0.717) is 11.6 Å². The van der Waals surface area contributed by atoms with Gasteiger partial charge in [0.15, 0.2) is 0 Å². The van der Waals surface area contributed by atoms with Crippen LogP contribution in [0.25, 0.3) is 0 Å². The number of allylic oxidation sites excluding steroid dienone is 2. The average Bonchev–Trinajstić information content (AvgIpc) is 2.74. The Balaban J connectivity index is 1.57. The van der Waals surface area contributed by atoms with Crippen molar-refractivity contribution in [1.29, 1.82) is 0 Å². The second-order valence-corrected chi connectivity index (χ2v) is 10.1. The van der Waals surface area contributed by atoms with Gasteiger partial charge in [-0.25, -0.2) is 0 Å². The number of likely N-dealkylation sites (N-methyl/N-ethyl adjacent to an activating group) is 2. The van der Waals surface area contributed by atoms with Gasteiger partial charge in [0.25, 0.3) is 0 Å². The van der Waals surface area contributed by atoms with Crippen molar-refractivity contribution < 1.29 is 13.2 Å². The fraction of sp³-hybridized carbons (Fsp3) is 0.615. The van der Waals surface area contributed by atoms with Crippen LogP contribution in [0, 0.1) is 11.8 Å². The monoisotopic (exact) mass is 447 g/mol. The number of benzene rings is 1. The summed E-state index contributed by atoms with van der Waals surface area (Å²) in [6.07, 6.45) is 4.07. The molecule has 0 radical (unpaired) electrons. The second kappa shape index (κ2) is 9.22. The van der Waals surface area contributed by atoms with Crippen molar-refractivity contribution in [2.45, 2.75) is 51.4 Å². The summed E-state index contributed by atoms with van der Waals surface area (Å²) >= 11 is 0. The normalized spacial score (nSPS) is 30.8. The zero-order valence-electron chi connectivity index (χ0n) is 19.7. The van der Waals surface area contributed by atoms with Crippen LogP contribution in [0.15, 0.2) is 47.6 Å². The Kier molecular flexibility index (Phi) is 6.73. The van der Waals surface area contributed by atoms with Gasteiger partial charge >= 0.3 is 6.18 Å². The summed E-state index contributed by atoms with van der Waals surface area (Å²) in [4.78, 5) is 6.92. The first-order valence-corrected chi connectivity index (χ1v) is 11.9. The summed E-state index contributed by atoms with van der Waals surface area (Å²) in [6, 6.07) is 6.26. The minimum Gasteiger partial charge on any atom is -0.369 e. The number of rotatable bonds is 3. The Labute approximate surface area is 190 Å². The van der Waals surface area contributed by atoms with E-state index < -0.39 is 11.7 Å². The van der Waals surface area contributed by atoms with Crippen molar-refractivity contribution >= 4 is 5.69 Å². The molecule has 6 heteroatoms. The van der Waals surface area contributed by atoms with Gasteiger partial charge in [-0.1, -0.05) is 32.1 Å². The molecule has 0 spiro atoms. The predicted molar refractivity (Wildman–Crippen MR) is 125 cm³/mol. The number of anilines is 1. The van der Waals surface area contributed by atoms with Gasteiger partial charge in [-0.05, 0) is 74.5 Å². The highest BCUT2D eigenvalue weighted by Gasteiger charge is 2.36. The van der Waals surface area contributed by atoms with E-state index in [1.165, 1.54) is 29.7 Å². The molecule has 4 unspecified atom stereocenters. The molecule has 1 aliphatic carbocycles. The molecule has 3 aliphatic rings. The van der Waals surface area contributed by atoms with Crippen molar-refractivity contribution in [3.8, 4) is 0 Å². The maximum Gasteiger partial charge on any atom is 0.416 e. The molecule has 2 heterocycles. The van der Waals surface area contributed by atoms with E-state index in [1.807, 2.05) is 0 Å². The van der Waals surface area contributed by atoms with E-state index in [0.717, 1.165) is 51.0 Å². The molecule has 1 fully saturated rings. The smallest absolute Gasteiger partial charge is 0.369 e. The van der Waals surface area contributed by atoms with Crippen LogP contribution in [0.1, 0.15) is 38.7 Å². The number of nitrogens with zero attached hydrogens (tertiary/aromatic N) is 3. The first-order chi connectivity index (χ1) is 15.1. The van der Waals surface area contributed by atoms with E-state index in [1.54, 1.807) is 6.07 Å². The molecule has 4 atom stereocenters. The van der Waals surface area contributed by atoms with Crippen LogP contribution >= 0.6 is 0 Å². The third-order valence-corrected chi connectivity index (χ3v) is 7.64. The summed E-state index contributed by atoms with van der Waals surface area (Å²) < 4.78 is 39.7. The van der Waals surface area contributed by atoms with Crippen molar-refractivity contribution in [1.82, 2.24) is 9.80 Å². The van der Waals surface area contributed by atoms with Gasteiger partial charge in [0, 0.05) is 44.0 Å². The molecule has 0 aromatic heterocycles. The lowest BCUT2D eigenvalue weighted by molar-refractivity contribution is -0.137. The lowest BCUT2D eigenvalue weighted by Crippen LogP contribution is -2.60. The molecule has 1 aromatic carbocycles. The van der Waals surface area contributed by atoms with E-state index in [-0.39, 0.29) is 12.1 Å². The zero-order chi connectivity index (χ0) is 23.0. The predicted octanol–water partition coefficient (Wildman–Crippen LogP) is 5.45. The molecule has 32 heavy (non-hydrogen) atoms. The van der Waals surface area contributed by atoms with E-state index in [9.17, 15) is 13.2 Å². The van der Waals surface area contributed by atoms with E-state index in [4.69, 9.17) is 0 Å². The first-order valence-electron chi connectivity index (χ1n) is 11.9. The van der Waals surface area contributed by atoms with Gasteiger partial charge in [-0.15, -0.1) is 0 Å². The van der Waals surface area contributed by atoms with Gasteiger partial charge < -0.3 is 4.90 Å². The molecule has 3 nitrogen and oxygen atoms in total. The zero-order valence-corrected chi connectivity index (χ0v) is 19.7. The maximum absolute atomic E-state index is 13.2. The Morgan fingerprint density at radius 1 is 1.00 bits per heavy atom. The molecule has 0 bridgehead atoms. The number of alkyl halides is 3. The molecule has 0 saturated carbocycles. The van der Waals surface area contributed by atoms with Crippen molar-refractivity contribution in [3.05, 3.63) is 53.1 Å². The largest absolute Gasteiger partial charge is 0.416 e. The lowest BCUT2D eigenvalue weighted by Gasteiger charge is -2.47. The third kappa shape index (κ3) is 4.91. The Hall–Kier alpha value is -1.79. The molecule has 1 aromatic rings. The fourth-order valence-electron chi connectivity index (χ4n) is 5.69. The van der Waals surface area contributed by atoms with Crippen LogP contribution in [-0.4, -0.2) is 62.2 Å². The number of hydrogen-bond donors (Lipinski definition) is 0. The van der Waals surface area contributed by atoms with E-state index in [2.05, 4.69) is 54.8 Å². The van der Waals surface area contributed by atoms with Gasteiger partial charge in [-0.2, -0.15) is 13.2 Å². The highest BCUT2D eigenvalue weighted by Crippen LogP contribution is 2.37. The van der Waals surface area contributed by atoms with Gasteiger partial charge in [0.05, 0.1) is 5.56 Å². The quantitative estimate of drug-likeness (QED) is 0.610. The highest BCUT2D eigenvalue weighted by molar-refractivity contribution is 5.50. The van der Waals surface area contributed by atoms with Gasteiger partial charge in [0.2, 0.25) is 0 Å². The van der Waals surface area contributed by atoms with Crippen LogP contribution in [0.2, 0.25) is 0 Å². The van der Waals surface area contributed by atoms with Crippen LogP contribution in [-0.2, 0) is 6.18 Å². The van der Waals surface area contributed by atoms with Gasteiger partial charge in [0.1, 0.15) is 0 Å². The minimum atomic E-state index is -4.31. The highest BCUT2D eigenvalue weighted by atomic mass is 19.4. The average molecular weight is 448 g/mol. The summed E-state index contributed by atoms with van der Waals surface area (Å²) in [5, 5.41) is 0. The molecular weight excluding hydrogens is 411 g/mol. The van der Waals surface area contributed by atoms with E-state index >= 15 is 0 Å². The number of halogens is 3. The van der Waals surface area contributed by atoms with Crippen LogP contribution in [0.5, 0.6) is 0 Å². The molecule has 1 saturated heterocycles. The number of hydrogen-bond acceptors (Lipinski definition) is 3. The molecule has 2 aliphatic heterocycles. The SMILES string of the molecule is CC1CC=C(C2=CC(C3CN(c4cccc(C(F)(F)F)c4)CCN3C)N(C)CC2)C(C)C1. The summed E-state index contributed by atoms with van der Waals surface area (Å²) in [5.74, 6) is 1.35. The topological polar surface area (TPSA) is 9.72 Å². The Morgan fingerprint density at radius 3 is 2.50 bits per heavy atom. The first kappa shape index (κ1) is 23.4. The van der Waals surface area contributed by atoms with Crippen LogP contribution in [0.4, 0.5) is 18.9 Å². The Bertz CT molecular complexity index is 875. The maximum atomic E-state index is 13.2. The van der Waals surface area contributed by atoms with Crippen LogP contribution in [0.3, 0.4) is 0 Å². The molecule has 0 amide bonds. The summed E-state index contributed by atoms with van der Waals surface area (Å²) in [7, 11) is 4.32. The summed E-state index contributed by atoms with van der Waals surface area (Å²) in [6.45, 7) is 7.99. The van der Waals surface area contributed by atoms with Crippen LogP contribution < -0.4 is 4.90 Å². The summed E-state index contributed by atoms with van der Waals surface area (Å²) in [5.41, 5.74) is 3.10. The van der Waals surface area contributed by atoms with Gasteiger partial charge in [-0.3, -0.25) is 9.80 Å². The standard InChI is InChI=1S/C26H36F3N3/c1-18-8-9-23(19(2)14-18)20-10-11-30(3)24(15-20)25-17-32(13-12-31(25)4)22-7-5-6-21(16-22)26(27,28)29/h5-7,9,15-16,18-19,24-25H,8,10-14,17H2,1-4H3. The third-order valence-electron chi connectivity index (χ3n) is 7.64. The van der Waals surface area contributed by atoms with Crippen molar-refractivity contribution in [2.75, 3.05) is 45.2 Å². The Morgan fingerprint density at radius 2 is 1.78 bits per heavy atom. The van der Waals surface area contributed by atoms with Crippen molar-refractivity contribution in [2.24, 2.45) is 11.8 Å². The molecular formula is C26H36F3N3. The lowest BCUT2D eigenvalue weighted by atomic mass is 9.77. The second-order valence-electron chi connectivity index (χ2n) is 10.1. The molecule has 176 valence electrons. The minimum absolute atomic E-state index is 0.233. The fourth-order valence-corrected chi connectivity index (χ4v) is 5.69. The number of piperazine rings is 1.